The van der Waals surface area contributed by atoms with E-state index in [4.69, 9.17) is 27.9 Å². The third kappa shape index (κ3) is 6.31. The number of benzene rings is 3. The second-order valence-electron chi connectivity index (χ2n) is 8.67. The molecule has 2 N–H and O–H groups in total. The zero-order valence-corrected chi connectivity index (χ0v) is 21.8. The minimum atomic E-state index is -0.579. The molecule has 1 aliphatic rings. The van der Waals surface area contributed by atoms with E-state index < -0.39 is 11.8 Å². The molecule has 0 saturated heterocycles. The summed E-state index contributed by atoms with van der Waals surface area (Å²) in [7, 11) is 0. The maximum Gasteiger partial charge on any atom is 0.278 e. The molecule has 0 radical (unpaired) electrons. The number of amides is 3. The van der Waals surface area contributed by atoms with Gasteiger partial charge in [-0.3, -0.25) is 19.3 Å². The number of nitrogens with one attached hydrogen (secondary N) is 2. The summed E-state index contributed by atoms with van der Waals surface area (Å²) in [5.41, 5.74) is 2.60. The van der Waals surface area contributed by atoms with E-state index in [0.29, 0.717) is 21.8 Å². The van der Waals surface area contributed by atoms with Gasteiger partial charge in [-0.1, -0.05) is 53.5 Å². The number of rotatable bonds is 9. The van der Waals surface area contributed by atoms with Crippen LogP contribution < -0.4 is 15.4 Å². The van der Waals surface area contributed by atoms with Gasteiger partial charge in [-0.15, -0.1) is 0 Å². The molecular formula is C28H25Cl2N3O4. The van der Waals surface area contributed by atoms with E-state index in [2.05, 4.69) is 10.6 Å². The molecule has 0 spiro atoms. The summed E-state index contributed by atoms with van der Waals surface area (Å²) < 4.78 is 5.61. The van der Waals surface area contributed by atoms with Gasteiger partial charge in [-0.25, -0.2) is 0 Å². The van der Waals surface area contributed by atoms with Crippen molar-refractivity contribution in [3.05, 3.63) is 105 Å². The molecule has 0 aliphatic carbocycles. The van der Waals surface area contributed by atoms with Crippen molar-refractivity contribution in [3.8, 4) is 5.75 Å². The molecule has 1 heterocycles. The Hall–Kier alpha value is -3.81. The summed E-state index contributed by atoms with van der Waals surface area (Å²) in [4.78, 5) is 39.1. The first kappa shape index (κ1) is 26.3. The van der Waals surface area contributed by atoms with E-state index in [0.717, 1.165) is 16.2 Å². The maximum absolute atomic E-state index is 12.9. The fourth-order valence-electron chi connectivity index (χ4n) is 3.70. The summed E-state index contributed by atoms with van der Waals surface area (Å²) in [5, 5.41) is 6.10. The van der Waals surface area contributed by atoms with E-state index in [9.17, 15) is 14.4 Å². The predicted octanol–water partition coefficient (Wildman–Crippen LogP) is 5.49. The van der Waals surface area contributed by atoms with Crippen LogP contribution >= 0.6 is 23.2 Å². The van der Waals surface area contributed by atoms with Gasteiger partial charge in [-0.05, 0) is 67.4 Å². The van der Waals surface area contributed by atoms with Crippen molar-refractivity contribution in [2.45, 2.75) is 33.0 Å². The maximum atomic E-state index is 12.9. The molecular weight excluding hydrogens is 513 g/mol. The summed E-state index contributed by atoms with van der Waals surface area (Å²) in [5.74, 6) is -0.621. The Morgan fingerprint density at radius 1 is 0.919 bits per heavy atom. The molecule has 3 aromatic carbocycles. The second kappa shape index (κ2) is 11.5. The van der Waals surface area contributed by atoms with Gasteiger partial charge < -0.3 is 15.4 Å². The number of ether oxygens (including phenoxy) is 1. The van der Waals surface area contributed by atoms with Gasteiger partial charge in [0, 0.05) is 22.8 Å². The van der Waals surface area contributed by atoms with Crippen LogP contribution in [0.5, 0.6) is 5.75 Å². The van der Waals surface area contributed by atoms with Crippen LogP contribution in [-0.2, 0) is 22.7 Å². The van der Waals surface area contributed by atoms with E-state index in [-0.39, 0.29) is 35.8 Å². The number of hydrogen-bond donors (Lipinski definition) is 2. The van der Waals surface area contributed by atoms with Crippen molar-refractivity contribution in [1.29, 1.82) is 0 Å². The zero-order chi connectivity index (χ0) is 26.5. The zero-order valence-electron chi connectivity index (χ0n) is 20.3. The Bertz CT molecular complexity index is 1350. The molecule has 4 rings (SSSR count). The molecule has 9 heteroatoms. The topological polar surface area (TPSA) is 87.7 Å². The van der Waals surface area contributed by atoms with Gasteiger partial charge in [0.25, 0.3) is 17.7 Å². The molecule has 7 nitrogen and oxygen atoms in total. The quantitative estimate of drug-likeness (QED) is 0.352. The van der Waals surface area contributed by atoms with Crippen molar-refractivity contribution in [1.82, 2.24) is 10.2 Å². The standard InChI is InChI=1S/C28H25Cl2N3O4/c1-17(2)37-22-13-11-21(12-14-22)32-26(34)19-9-7-18(8-10-19)15-31-25-24(30)27(35)33(28(25)36)16-20-5-3-4-6-23(20)29/h3-14,17,31H,15-16H2,1-2H3,(H,32,34). The number of halogens is 2. The molecule has 1 aliphatic heterocycles. The van der Waals surface area contributed by atoms with Gasteiger partial charge in [0.15, 0.2) is 0 Å². The second-order valence-corrected chi connectivity index (χ2v) is 9.46. The van der Waals surface area contributed by atoms with Gasteiger partial charge >= 0.3 is 0 Å². The van der Waals surface area contributed by atoms with E-state index in [1.54, 1.807) is 72.8 Å². The Morgan fingerprint density at radius 2 is 1.59 bits per heavy atom. The fraction of sp³-hybridized carbons (Fsp3) is 0.179. The summed E-state index contributed by atoms with van der Waals surface area (Å²) >= 11 is 12.3. The molecule has 3 aromatic rings. The summed E-state index contributed by atoms with van der Waals surface area (Å²) in [6.07, 6.45) is 0.0698. The van der Waals surface area contributed by atoms with Crippen LogP contribution in [0.2, 0.25) is 5.02 Å². The van der Waals surface area contributed by atoms with E-state index in [1.165, 1.54) is 0 Å². The van der Waals surface area contributed by atoms with Crippen molar-refractivity contribution in [2.75, 3.05) is 5.32 Å². The molecule has 3 amide bonds. The van der Waals surface area contributed by atoms with Gasteiger partial charge in [0.1, 0.15) is 16.5 Å². The van der Waals surface area contributed by atoms with Crippen LogP contribution in [0.1, 0.15) is 35.3 Å². The van der Waals surface area contributed by atoms with Gasteiger partial charge in [0.2, 0.25) is 0 Å². The van der Waals surface area contributed by atoms with Crippen LogP contribution in [0.15, 0.2) is 83.5 Å². The van der Waals surface area contributed by atoms with Gasteiger partial charge in [0.05, 0.1) is 12.6 Å². The van der Waals surface area contributed by atoms with Crippen LogP contribution in [0.25, 0.3) is 0 Å². The average molecular weight is 538 g/mol. The first-order valence-electron chi connectivity index (χ1n) is 11.6. The van der Waals surface area contributed by atoms with Crippen LogP contribution in [-0.4, -0.2) is 28.7 Å². The minimum absolute atomic E-state index is 0.0238. The number of nitrogens with zero attached hydrogens (tertiary/aromatic N) is 1. The molecule has 0 bridgehead atoms. The van der Waals surface area contributed by atoms with Crippen molar-refractivity contribution in [3.63, 3.8) is 0 Å². The number of carbonyl (C=O) groups is 3. The number of carbonyl (C=O) groups excluding carboxylic acids is 3. The minimum Gasteiger partial charge on any atom is -0.491 e. The third-order valence-corrected chi connectivity index (χ3v) is 6.29. The number of anilines is 1. The molecule has 0 unspecified atom stereocenters. The first-order valence-corrected chi connectivity index (χ1v) is 12.4. The lowest BCUT2D eigenvalue weighted by molar-refractivity contribution is -0.138. The summed E-state index contributed by atoms with van der Waals surface area (Å²) in [6, 6.07) is 21.0. The first-order chi connectivity index (χ1) is 17.7. The Kier molecular flexibility index (Phi) is 8.16. The highest BCUT2D eigenvalue weighted by Gasteiger charge is 2.37. The number of imide groups is 1. The smallest absolute Gasteiger partial charge is 0.278 e. The molecule has 0 atom stereocenters. The van der Waals surface area contributed by atoms with Crippen molar-refractivity contribution < 1.29 is 19.1 Å². The van der Waals surface area contributed by atoms with Gasteiger partial charge in [-0.2, -0.15) is 0 Å². The number of hydrogen-bond acceptors (Lipinski definition) is 5. The highest BCUT2D eigenvalue weighted by Crippen LogP contribution is 2.26. The van der Waals surface area contributed by atoms with Crippen LogP contribution in [0.4, 0.5) is 5.69 Å². The molecule has 37 heavy (non-hydrogen) atoms. The lowest BCUT2D eigenvalue weighted by Crippen LogP contribution is -2.33. The highest BCUT2D eigenvalue weighted by molar-refractivity contribution is 6.47. The Morgan fingerprint density at radius 3 is 2.24 bits per heavy atom. The van der Waals surface area contributed by atoms with Crippen LogP contribution in [0.3, 0.4) is 0 Å². The van der Waals surface area contributed by atoms with Crippen molar-refractivity contribution >= 4 is 46.6 Å². The van der Waals surface area contributed by atoms with E-state index >= 15 is 0 Å². The Labute approximate surface area is 225 Å². The SMILES string of the molecule is CC(C)Oc1ccc(NC(=O)c2ccc(CNC3=C(Cl)C(=O)N(Cc4ccccc4Cl)C3=O)cc2)cc1. The van der Waals surface area contributed by atoms with Crippen LogP contribution in [0, 0.1) is 0 Å². The predicted molar refractivity (Wildman–Crippen MR) is 143 cm³/mol. The molecule has 0 saturated carbocycles. The summed E-state index contributed by atoms with van der Waals surface area (Å²) in [6.45, 7) is 4.16. The monoisotopic (exact) mass is 537 g/mol. The largest absolute Gasteiger partial charge is 0.491 e. The lowest BCUT2D eigenvalue weighted by Gasteiger charge is -2.16. The average Bonchev–Trinajstić information content (AvgIpc) is 3.08. The lowest BCUT2D eigenvalue weighted by atomic mass is 10.1. The molecule has 190 valence electrons. The fourth-order valence-corrected chi connectivity index (χ4v) is 4.14. The highest BCUT2D eigenvalue weighted by atomic mass is 35.5. The normalized spacial score (nSPS) is 13.4. The Balaban J connectivity index is 1.34. The molecule has 0 fully saturated rings. The third-order valence-electron chi connectivity index (χ3n) is 5.57. The van der Waals surface area contributed by atoms with E-state index in [1.807, 2.05) is 13.8 Å². The molecule has 0 aromatic heterocycles. The van der Waals surface area contributed by atoms with Crippen molar-refractivity contribution in [2.24, 2.45) is 0 Å².